The number of aromatic nitrogens is 5. The van der Waals surface area contributed by atoms with Crippen LogP contribution in [0.2, 0.25) is 0 Å². The first-order chi connectivity index (χ1) is 17.0. The Morgan fingerprint density at radius 2 is 1.83 bits per heavy atom. The average Bonchev–Trinajstić information content (AvgIpc) is 3.30. The summed E-state index contributed by atoms with van der Waals surface area (Å²) >= 11 is 0. The van der Waals surface area contributed by atoms with E-state index in [1.165, 1.54) is 12.4 Å². The maximum Gasteiger partial charge on any atom is 0.256 e. The highest BCUT2D eigenvalue weighted by Gasteiger charge is 2.27. The highest BCUT2D eigenvalue weighted by Crippen LogP contribution is 2.34. The van der Waals surface area contributed by atoms with Crippen LogP contribution in [0.5, 0.6) is 0 Å². The van der Waals surface area contributed by atoms with Gasteiger partial charge in [-0.3, -0.25) is 9.59 Å². The molecule has 1 saturated heterocycles. The Bertz CT molecular complexity index is 1390. The summed E-state index contributed by atoms with van der Waals surface area (Å²) in [5, 5.41) is 8.32. The van der Waals surface area contributed by atoms with Crippen molar-refractivity contribution in [1.82, 2.24) is 29.6 Å². The zero-order valence-electron chi connectivity index (χ0n) is 19.0. The molecule has 0 saturated carbocycles. The van der Waals surface area contributed by atoms with Gasteiger partial charge in [0.25, 0.3) is 5.91 Å². The second-order valence-electron chi connectivity index (χ2n) is 8.26. The van der Waals surface area contributed by atoms with Crippen LogP contribution in [-0.2, 0) is 4.79 Å². The van der Waals surface area contributed by atoms with Gasteiger partial charge in [-0.2, -0.15) is 5.10 Å². The molecule has 10 heteroatoms. The van der Waals surface area contributed by atoms with Gasteiger partial charge >= 0.3 is 0 Å². The third-order valence-electron chi connectivity index (χ3n) is 6.14. The second-order valence-corrected chi connectivity index (χ2v) is 8.26. The Labute approximate surface area is 201 Å². The zero-order chi connectivity index (χ0) is 24.4. The highest BCUT2D eigenvalue weighted by molar-refractivity contribution is 6.04. The van der Waals surface area contributed by atoms with Crippen molar-refractivity contribution < 1.29 is 9.59 Å². The number of pyridine rings is 1. The van der Waals surface area contributed by atoms with Crippen LogP contribution in [0.4, 0.5) is 11.6 Å². The van der Waals surface area contributed by atoms with Gasteiger partial charge in [-0.05, 0) is 43.2 Å². The molecule has 1 aliphatic heterocycles. The number of carbonyl (C=O) groups is 2. The van der Waals surface area contributed by atoms with Crippen LogP contribution >= 0.6 is 0 Å². The van der Waals surface area contributed by atoms with Crippen LogP contribution in [0.25, 0.3) is 22.3 Å². The number of hydrogen-bond donors (Lipinski definition) is 2. The number of fused-ring (bicyclic) bond motifs is 1. The summed E-state index contributed by atoms with van der Waals surface area (Å²) in [5.74, 6) is 0.507. The topological polar surface area (TPSA) is 132 Å². The van der Waals surface area contributed by atoms with Crippen LogP contribution < -0.4 is 11.1 Å². The quantitative estimate of drug-likeness (QED) is 0.430. The molecule has 1 fully saturated rings. The second kappa shape index (κ2) is 9.34. The lowest BCUT2D eigenvalue weighted by Crippen LogP contribution is -2.38. The third-order valence-corrected chi connectivity index (χ3v) is 6.14. The first kappa shape index (κ1) is 22.2. The van der Waals surface area contributed by atoms with Gasteiger partial charge in [0.05, 0.1) is 11.4 Å². The molecule has 4 heterocycles. The number of likely N-dealkylation sites (tertiary alicyclic amines) is 1. The van der Waals surface area contributed by atoms with Crippen molar-refractivity contribution >= 4 is 34.5 Å². The first-order valence-corrected chi connectivity index (χ1v) is 11.3. The smallest absolute Gasteiger partial charge is 0.256 e. The molecule has 0 atom stereocenters. The Balaban J connectivity index is 1.43. The summed E-state index contributed by atoms with van der Waals surface area (Å²) < 4.78 is 1.89. The molecule has 0 spiro atoms. The minimum Gasteiger partial charge on any atom is -0.383 e. The van der Waals surface area contributed by atoms with Crippen molar-refractivity contribution in [3.05, 3.63) is 73.2 Å². The first-order valence-electron chi connectivity index (χ1n) is 11.3. The number of nitrogens with two attached hydrogens (primary N) is 1. The predicted octanol–water partition coefficient (Wildman–Crippen LogP) is 3.07. The van der Waals surface area contributed by atoms with E-state index in [4.69, 9.17) is 10.8 Å². The summed E-state index contributed by atoms with van der Waals surface area (Å²) in [6, 6.07) is 12.5. The largest absolute Gasteiger partial charge is 0.383 e. The molecule has 0 bridgehead atoms. The number of benzene rings is 1. The van der Waals surface area contributed by atoms with E-state index in [1.807, 2.05) is 16.8 Å². The van der Waals surface area contributed by atoms with E-state index in [9.17, 15) is 9.59 Å². The van der Waals surface area contributed by atoms with Crippen LogP contribution in [0, 0.1) is 0 Å². The van der Waals surface area contributed by atoms with Crippen LogP contribution in [0.1, 0.15) is 29.2 Å². The molecule has 0 radical (unpaired) electrons. The molecule has 5 rings (SSSR count). The molecule has 0 aliphatic carbocycles. The van der Waals surface area contributed by atoms with Gasteiger partial charge in [0.2, 0.25) is 5.91 Å². The fourth-order valence-corrected chi connectivity index (χ4v) is 4.32. The Morgan fingerprint density at radius 3 is 2.51 bits per heavy atom. The van der Waals surface area contributed by atoms with E-state index in [0.29, 0.717) is 47.0 Å². The number of nitrogen functional groups attached to an aromatic ring is 1. The number of hydrogen-bond acceptors (Lipinski definition) is 7. The van der Waals surface area contributed by atoms with Crippen LogP contribution in [0.15, 0.2) is 67.6 Å². The zero-order valence-corrected chi connectivity index (χ0v) is 19.0. The molecule has 35 heavy (non-hydrogen) atoms. The number of amides is 2. The number of nitrogens with zero attached hydrogens (tertiary/aromatic N) is 6. The summed E-state index contributed by atoms with van der Waals surface area (Å²) in [7, 11) is 0. The predicted molar refractivity (Wildman–Crippen MR) is 132 cm³/mol. The van der Waals surface area contributed by atoms with Gasteiger partial charge in [-0.1, -0.05) is 24.8 Å². The van der Waals surface area contributed by atoms with Gasteiger partial charge in [0.1, 0.15) is 23.7 Å². The number of nitrogens with one attached hydrogen (secondary N) is 1. The Hall–Kier alpha value is -4.60. The summed E-state index contributed by atoms with van der Waals surface area (Å²) in [4.78, 5) is 39.1. The fourth-order valence-electron chi connectivity index (χ4n) is 4.32. The minimum absolute atomic E-state index is 0.0618. The standard InChI is InChI=1S/C25H24N8O2/c1-2-20(34)32-13-10-18(11-14-32)33-24-21(23(26)28-15-29-24)22(31-33)16-6-8-17(9-7-16)25(35)30-19-5-3-4-12-27-19/h2-9,12,15,18H,1,10-11,13-14H2,(H2,26,28,29)(H,27,30,35). The summed E-state index contributed by atoms with van der Waals surface area (Å²) in [5.41, 5.74) is 8.83. The molecule has 3 N–H and O–H groups in total. The molecule has 2 amide bonds. The van der Waals surface area contributed by atoms with Gasteiger partial charge in [0.15, 0.2) is 5.65 Å². The van der Waals surface area contributed by atoms with Crippen LogP contribution in [-0.4, -0.2) is 54.5 Å². The van der Waals surface area contributed by atoms with Crippen molar-refractivity contribution in [2.24, 2.45) is 0 Å². The van der Waals surface area contributed by atoms with Gasteiger partial charge in [-0.15, -0.1) is 0 Å². The van der Waals surface area contributed by atoms with E-state index in [2.05, 4.69) is 26.8 Å². The lowest BCUT2D eigenvalue weighted by molar-refractivity contribution is -0.127. The normalized spacial score (nSPS) is 14.1. The maximum atomic E-state index is 12.6. The highest BCUT2D eigenvalue weighted by atomic mass is 16.2. The van der Waals surface area contributed by atoms with Crippen molar-refractivity contribution in [2.45, 2.75) is 18.9 Å². The van der Waals surface area contributed by atoms with Gasteiger partial charge < -0.3 is 16.0 Å². The van der Waals surface area contributed by atoms with Crippen molar-refractivity contribution in [3.8, 4) is 11.3 Å². The number of rotatable bonds is 5. The number of anilines is 2. The van der Waals surface area contributed by atoms with Gasteiger partial charge in [0, 0.05) is 30.4 Å². The van der Waals surface area contributed by atoms with Crippen molar-refractivity contribution in [2.75, 3.05) is 24.1 Å². The molecule has 4 aromatic rings. The lowest BCUT2D eigenvalue weighted by atomic mass is 10.0. The average molecular weight is 469 g/mol. The van der Waals surface area contributed by atoms with Crippen LogP contribution in [0.3, 0.4) is 0 Å². The van der Waals surface area contributed by atoms with E-state index in [1.54, 1.807) is 41.4 Å². The molecule has 1 aromatic carbocycles. The summed E-state index contributed by atoms with van der Waals surface area (Å²) in [6.45, 7) is 4.81. The molecule has 0 unspecified atom stereocenters. The van der Waals surface area contributed by atoms with Gasteiger partial charge in [-0.25, -0.2) is 19.6 Å². The molecular formula is C25H24N8O2. The monoisotopic (exact) mass is 468 g/mol. The van der Waals surface area contributed by atoms with Crippen molar-refractivity contribution in [1.29, 1.82) is 0 Å². The van der Waals surface area contributed by atoms with E-state index >= 15 is 0 Å². The third kappa shape index (κ3) is 4.33. The number of piperidine rings is 1. The molecule has 176 valence electrons. The SMILES string of the molecule is C=CC(=O)N1CCC(n2nc(-c3ccc(C(=O)Nc4ccccn4)cc3)c3c(N)ncnc32)CC1. The summed E-state index contributed by atoms with van der Waals surface area (Å²) in [6.07, 6.45) is 5.88. The number of carbonyl (C=O) groups excluding carboxylic acids is 2. The van der Waals surface area contributed by atoms with Crippen molar-refractivity contribution in [3.63, 3.8) is 0 Å². The molecule has 3 aromatic heterocycles. The Morgan fingerprint density at radius 1 is 1.06 bits per heavy atom. The Kier molecular flexibility index (Phi) is 5.92. The molecule has 1 aliphatic rings. The fraction of sp³-hybridized carbons (Fsp3) is 0.200. The molecular weight excluding hydrogens is 444 g/mol. The minimum atomic E-state index is -0.255. The van der Waals surface area contributed by atoms with E-state index < -0.39 is 0 Å². The molecule has 10 nitrogen and oxygen atoms in total. The maximum absolute atomic E-state index is 12.6. The van der Waals surface area contributed by atoms with E-state index in [-0.39, 0.29) is 17.9 Å². The lowest BCUT2D eigenvalue weighted by Gasteiger charge is -2.31. The van der Waals surface area contributed by atoms with E-state index in [0.717, 1.165) is 18.4 Å².